The third-order valence-electron chi connectivity index (χ3n) is 10.3. The van der Waals surface area contributed by atoms with Gasteiger partial charge in [0.25, 0.3) is 6.43 Å². The molecule has 1 aromatic rings. The van der Waals surface area contributed by atoms with Crippen LogP contribution in [0.25, 0.3) is 0 Å². The van der Waals surface area contributed by atoms with Gasteiger partial charge in [0.2, 0.25) is 0 Å². The minimum Gasteiger partial charge on any atom is -0.432 e. The van der Waals surface area contributed by atoms with Gasteiger partial charge in [-0.1, -0.05) is 32.6 Å². The maximum atomic E-state index is 15.1. The van der Waals surface area contributed by atoms with Crippen molar-refractivity contribution in [3.63, 3.8) is 0 Å². The average molecular weight is 543 g/mol. The summed E-state index contributed by atoms with van der Waals surface area (Å²) in [5, 5.41) is 0. The highest BCUT2D eigenvalue weighted by atomic mass is 19.3. The van der Waals surface area contributed by atoms with Gasteiger partial charge >= 0.3 is 6.11 Å². The van der Waals surface area contributed by atoms with E-state index in [1.807, 2.05) is 0 Å². The predicted molar refractivity (Wildman–Crippen MR) is 137 cm³/mol. The van der Waals surface area contributed by atoms with Gasteiger partial charge in [-0.25, -0.2) is 13.2 Å². The highest BCUT2D eigenvalue weighted by molar-refractivity contribution is 5.41. The number of halogens is 5. The summed E-state index contributed by atoms with van der Waals surface area (Å²) in [6.45, 7) is 2.52. The Bertz CT molecular complexity index is 909. The lowest BCUT2D eigenvalue weighted by Crippen LogP contribution is -2.39. The molecule has 1 atom stereocenters. The molecule has 1 aliphatic heterocycles. The van der Waals surface area contributed by atoms with Crippen molar-refractivity contribution in [2.24, 2.45) is 35.5 Å². The van der Waals surface area contributed by atoms with Crippen LogP contribution < -0.4 is 4.74 Å². The summed E-state index contributed by atoms with van der Waals surface area (Å²) in [5.74, 6) is 0.691. The highest BCUT2D eigenvalue weighted by Crippen LogP contribution is 2.49. The van der Waals surface area contributed by atoms with E-state index < -0.39 is 41.7 Å². The number of hydrogen-bond donors (Lipinski definition) is 0. The molecule has 5 rings (SSSR count). The Kier molecular flexibility index (Phi) is 8.91. The first-order chi connectivity index (χ1) is 18.3. The molecule has 4 fully saturated rings. The van der Waals surface area contributed by atoms with E-state index in [-0.39, 0.29) is 12.2 Å². The quantitative estimate of drug-likeness (QED) is 0.229. The molecular weight excluding hydrogens is 499 g/mol. The van der Waals surface area contributed by atoms with Gasteiger partial charge in [0.15, 0.2) is 0 Å². The van der Waals surface area contributed by atoms with Crippen molar-refractivity contribution in [2.75, 3.05) is 6.61 Å². The molecule has 214 valence electrons. The molecule has 0 N–H and O–H groups in total. The molecular formula is C31H43F5O2. The van der Waals surface area contributed by atoms with Crippen LogP contribution in [0, 0.1) is 41.3 Å². The van der Waals surface area contributed by atoms with E-state index in [4.69, 9.17) is 9.47 Å². The maximum absolute atomic E-state index is 15.1. The zero-order valence-electron chi connectivity index (χ0n) is 22.6. The topological polar surface area (TPSA) is 21.8 Å². The van der Waals surface area contributed by atoms with Gasteiger partial charge in [-0.2, -0.15) is 8.78 Å². The number of hydrogen-bond acceptors (Lipinski definition) is 2. The van der Waals surface area contributed by atoms with Crippen molar-refractivity contribution in [2.45, 2.75) is 115 Å². The molecule has 7 heteroatoms. The van der Waals surface area contributed by atoms with Crippen LogP contribution in [-0.2, 0) is 4.74 Å². The third-order valence-corrected chi connectivity index (χ3v) is 10.3. The van der Waals surface area contributed by atoms with E-state index in [1.165, 1.54) is 70.3 Å². The predicted octanol–water partition coefficient (Wildman–Crippen LogP) is 10.0. The molecule has 3 saturated carbocycles. The number of ether oxygens (including phenoxy) is 2. The lowest BCUT2D eigenvalue weighted by Gasteiger charge is -2.42. The molecule has 1 heterocycles. The molecule has 38 heavy (non-hydrogen) atoms. The van der Waals surface area contributed by atoms with Gasteiger partial charge < -0.3 is 9.47 Å². The average Bonchev–Trinajstić information content (AvgIpc) is 3.75. The van der Waals surface area contributed by atoms with Crippen LogP contribution in [-0.4, -0.2) is 12.7 Å². The van der Waals surface area contributed by atoms with Crippen molar-refractivity contribution in [1.82, 2.24) is 0 Å². The molecule has 3 aliphatic carbocycles. The molecule has 4 aliphatic rings. The number of rotatable bonds is 9. The molecule has 0 aromatic heterocycles. The Balaban J connectivity index is 1.11. The zero-order chi connectivity index (χ0) is 26.9. The van der Waals surface area contributed by atoms with E-state index >= 15 is 8.78 Å². The first-order valence-electron chi connectivity index (χ1n) is 15.1. The van der Waals surface area contributed by atoms with Crippen LogP contribution in [0.3, 0.4) is 0 Å². The van der Waals surface area contributed by atoms with Crippen LogP contribution in [0.15, 0.2) is 12.1 Å². The molecule has 0 amide bonds. The van der Waals surface area contributed by atoms with Gasteiger partial charge in [0.05, 0.1) is 18.1 Å². The van der Waals surface area contributed by atoms with Gasteiger partial charge in [-0.3, -0.25) is 0 Å². The van der Waals surface area contributed by atoms with Crippen LogP contribution in [0.2, 0.25) is 0 Å². The number of alkyl halides is 4. The third kappa shape index (κ3) is 6.33. The second-order valence-electron chi connectivity index (χ2n) is 12.5. The largest absolute Gasteiger partial charge is 0.432 e. The fraction of sp³-hybridized carbons (Fsp3) is 0.806. The summed E-state index contributed by atoms with van der Waals surface area (Å²) in [6.07, 6.45) is 7.76. The summed E-state index contributed by atoms with van der Waals surface area (Å²) in [7, 11) is 0. The fourth-order valence-corrected chi connectivity index (χ4v) is 7.96. The monoisotopic (exact) mass is 542 g/mol. The van der Waals surface area contributed by atoms with Gasteiger partial charge in [0.1, 0.15) is 17.7 Å². The summed E-state index contributed by atoms with van der Waals surface area (Å²) < 4.78 is 82.0. The molecule has 1 unspecified atom stereocenters. The van der Waals surface area contributed by atoms with Crippen molar-refractivity contribution in [3.05, 3.63) is 29.1 Å². The van der Waals surface area contributed by atoms with Gasteiger partial charge in [0, 0.05) is 5.56 Å². The number of benzene rings is 1. The Morgan fingerprint density at radius 1 is 0.842 bits per heavy atom. The van der Waals surface area contributed by atoms with Crippen molar-refractivity contribution < 1.29 is 31.4 Å². The van der Waals surface area contributed by atoms with E-state index in [2.05, 4.69) is 6.92 Å². The molecule has 1 saturated heterocycles. The molecule has 1 aromatic carbocycles. The highest BCUT2D eigenvalue weighted by Gasteiger charge is 2.46. The lowest BCUT2D eigenvalue weighted by molar-refractivity contribution is -0.225. The Hall–Kier alpha value is -1.37. The smallest absolute Gasteiger partial charge is 0.400 e. The standard InChI is InChI=1S/C31H43F5O2/c1-2-3-19-4-6-20(7-5-19)21-8-10-22(11-9-21)23-12-14-24(15-13-23)31(35,36)38-26-17-16-25(27-18-37-27)29(32)28(26)30(33)34/h16-17,19-24,27,30H,2-15,18H2,1H3. The van der Waals surface area contributed by atoms with E-state index in [9.17, 15) is 13.2 Å². The SMILES string of the molecule is CCCC1CCC(C2CCC(C3CCC(C(F)(F)Oc4ccc(C5CO5)c(F)c4C(F)F)CC3)CC2)CC1. The molecule has 0 spiro atoms. The van der Waals surface area contributed by atoms with Crippen molar-refractivity contribution in [3.8, 4) is 5.75 Å². The first-order valence-corrected chi connectivity index (χ1v) is 15.1. The van der Waals surface area contributed by atoms with Crippen molar-refractivity contribution in [1.29, 1.82) is 0 Å². The number of epoxide rings is 1. The fourth-order valence-electron chi connectivity index (χ4n) is 7.96. The van der Waals surface area contributed by atoms with Crippen LogP contribution >= 0.6 is 0 Å². The molecule has 0 bridgehead atoms. The van der Waals surface area contributed by atoms with E-state index in [0.717, 1.165) is 36.7 Å². The summed E-state index contributed by atoms with van der Waals surface area (Å²) >= 11 is 0. The zero-order valence-corrected chi connectivity index (χ0v) is 22.6. The van der Waals surface area contributed by atoms with Crippen LogP contribution in [0.1, 0.15) is 120 Å². The van der Waals surface area contributed by atoms with Gasteiger partial charge in [-0.15, -0.1) is 0 Å². The van der Waals surface area contributed by atoms with E-state index in [1.54, 1.807) is 0 Å². The van der Waals surface area contributed by atoms with Crippen LogP contribution in [0.4, 0.5) is 22.0 Å². The Labute approximate surface area is 224 Å². The summed E-state index contributed by atoms with van der Waals surface area (Å²) in [6, 6.07) is 2.25. The minimum atomic E-state index is -3.62. The normalized spacial score (nSPS) is 34.3. The second kappa shape index (κ2) is 12.0. The van der Waals surface area contributed by atoms with Crippen molar-refractivity contribution >= 4 is 0 Å². The van der Waals surface area contributed by atoms with Gasteiger partial charge in [-0.05, 0) is 106 Å². The molecule has 0 radical (unpaired) electrons. The summed E-state index contributed by atoms with van der Waals surface area (Å²) in [4.78, 5) is 0. The lowest BCUT2D eigenvalue weighted by atomic mass is 9.65. The first kappa shape index (κ1) is 28.2. The molecule has 2 nitrogen and oxygen atoms in total. The Morgan fingerprint density at radius 2 is 1.34 bits per heavy atom. The summed E-state index contributed by atoms with van der Waals surface area (Å²) in [5.41, 5.74) is -1.13. The second-order valence-corrected chi connectivity index (χ2v) is 12.5. The maximum Gasteiger partial charge on any atom is 0.400 e. The minimum absolute atomic E-state index is 0.0321. The van der Waals surface area contributed by atoms with E-state index in [0.29, 0.717) is 24.7 Å². The van der Waals surface area contributed by atoms with Crippen LogP contribution in [0.5, 0.6) is 5.75 Å². The Morgan fingerprint density at radius 3 is 1.82 bits per heavy atom.